The normalized spacial score (nSPS) is 23.6. The van der Waals surface area contributed by atoms with Crippen molar-refractivity contribution in [2.24, 2.45) is 5.92 Å². The van der Waals surface area contributed by atoms with Crippen molar-refractivity contribution in [3.63, 3.8) is 0 Å². The molecule has 0 spiro atoms. The van der Waals surface area contributed by atoms with Crippen molar-refractivity contribution < 1.29 is 14.3 Å². The standard InChI is InChI=1S/C23H23N3O3/c1-26-12-16(21(27)13-29-23(28)14-5-7-24-8-6-14)9-18-17-3-2-4-19-22(17)15(11-25-19)10-20(18)26/h2-8,11,16,18,20,25H,9-10,12-13H2,1H3/t16?,18?,20-/m1/s1. The molecule has 1 fully saturated rings. The van der Waals surface area contributed by atoms with Gasteiger partial charge >= 0.3 is 5.97 Å². The van der Waals surface area contributed by atoms with Crippen LogP contribution in [-0.4, -0.2) is 52.9 Å². The first-order valence-corrected chi connectivity index (χ1v) is 10.0. The molecular formula is C23H23N3O3. The van der Waals surface area contributed by atoms with Crippen LogP contribution in [0.1, 0.15) is 33.8 Å². The Kier molecular flexibility index (Phi) is 4.43. The number of benzene rings is 1. The molecule has 3 aromatic rings. The lowest BCUT2D eigenvalue weighted by Gasteiger charge is -2.45. The highest BCUT2D eigenvalue weighted by Crippen LogP contribution is 2.44. The predicted molar refractivity (Wildman–Crippen MR) is 109 cm³/mol. The van der Waals surface area contributed by atoms with Crippen molar-refractivity contribution in [3.8, 4) is 0 Å². The number of likely N-dealkylation sites (N-methyl/N-ethyl adjacent to an activating group) is 1. The number of aromatic amines is 1. The van der Waals surface area contributed by atoms with Crippen molar-refractivity contribution in [3.05, 3.63) is 65.6 Å². The summed E-state index contributed by atoms with van der Waals surface area (Å²) in [4.78, 5) is 34.6. The molecule has 0 bridgehead atoms. The maximum atomic E-state index is 12.9. The average Bonchev–Trinajstić information content (AvgIpc) is 3.17. The zero-order valence-electron chi connectivity index (χ0n) is 16.3. The molecule has 3 atom stereocenters. The summed E-state index contributed by atoms with van der Waals surface area (Å²) in [7, 11) is 2.10. The number of hydrogen-bond donors (Lipinski definition) is 1. The van der Waals surface area contributed by atoms with Gasteiger partial charge in [-0.1, -0.05) is 12.1 Å². The fraction of sp³-hybridized carbons (Fsp3) is 0.348. The monoisotopic (exact) mass is 389 g/mol. The van der Waals surface area contributed by atoms with Gasteiger partial charge in [-0.3, -0.25) is 9.78 Å². The first kappa shape index (κ1) is 18.1. The molecule has 1 aromatic carbocycles. The number of hydrogen-bond acceptors (Lipinski definition) is 5. The molecule has 1 saturated heterocycles. The Labute approximate surface area is 168 Å². The van der Waals surface area contributed by atoms with E-state index in [2.05, 4.69) is 46.3 Å². The van der Waals surface area contributed by atoms with Gasteiger partial charge in [0.2, 0.25) is 0 Å². The summed E-state index contributed by atoms with van der Waals surface area (Å²) < 4.78 is 5.28. The van der Waals surface area contributed by atoms with Crippen LogP contribution in [0.5, 0.6) is 0 Å². The number of Topliss-reactive ketones (excluding diaryl/α,β-unsaturated/α-hetero) is 1. The van der Waals surface area contributed by atoms with Gasteiger partial charge in [-0.25, -0.2) is 4.79 Å². The number of carbonyl (C=O) groups excluding carboxylic acids is 2. The molecule has 6 nitrogen and oxygen atoms in total. The summed E-state index contributed by atoms with van der Waals surface area (Å²) in [6.07, 6.45) is 6.98. The Balaban J connectivity index is 1.32. The third-order valence-corrected chi connectivity index (χ3v) is 6.44. The van der Waals surface area contributed by atoms with Crippen LogP contribution in [0.15, 0.2) is 48.9 Å². The molecule has 2 aromatic heterocycles. The maximum Gasteiger partial charge on any atom is 0.338 e. The molecule has 1 N–H and O–H groups in total. The van der Waals surface area contributed by atoms with E-state index < -0.39 is 5.97 Å². The van der Waals surface area contributed by atoms with Crippen LogP contribution >= 0.6 is 0 Å². The highest BCUT2D eigenvalue weighted by molar-refractivity contribution is 5.92. The summed E-state index contributed by atoms with van der Waals surface area (Å²) in [5.41, 5.74) is 4.26. The van der Waals surface area contributed by atoms with Crippen LogP contribution in [0.3, 0.4) is 0 Å². The average molecular weight is 389 g/mol. The molecule has 6 heteroatoms. The predicted octanol–water partition coefficient (Wildman–Crippen LogP) is 2.95. The molecule has 1 aliphatic heterocycles. The summed E-state index contributed by atoms with van der Waals surface area (Å²) in [6, 6.07) is 9.96. The number of aromatic nitrogens is 2. The van der Waals surface area contributed by atoms with Gasteiger partial charge < -0.3 is 14.6 Å². The lowest BCUT2D eigenvalue weighted by molar-refractivity contribution is -0.128. The van der Waals surface area contributed by atoms with Gasteiger partial charge in [-0.2, -0.15) is 0 Å². The highest BCUT2D eigenvalue weighted by Gasteiger charge is 2.41. The van der Waals surface area contributed by atoms with E-state index in [9.17, 15) is 9.59 Å². The number of esters is 1. The molecule has 2 unspecified atom stereocenters. The number of fused-ring (bicyclic) bond motifs is 2. The fourth-order valence-corrected chi connectivity index (χ4v) is 5.00. The largest absolute Gasteiger partial charge is 0.454 e. The molecule has 5 rings (SSSR count). The van der Waals surface area contributed by atoms with E-state index in [1.807, 2.05) is 0 Å². The smallest absolute Gasteiger partial charge is 0.338 e. The zero-order valence-corrected chi connectivity index (χ0v) is 16.3. The number of ketones is 1. The summed E-state index contributed by atoms with van der Waals surface area (Å²) in [5, 5.41) is 1.32. The van der Waals surface area contributed by atoms with Crippen LogP contribution in [0.25, 0.3) is 10.9 Å². The van der Waals surface area contributed by atoms with Gasteiger partial charge in [-0.05, 0) is 49.2 Å². The van der Waals surface area contributed by atoms with Crippen LogP contribution in [0.4, 0.5) is 0 Å². The Bertz CT molecular complexity index is 1080. The first-order chi connectivity index (χ1) is 14.1. The number of carbonyl (C=O) groups is 2. The number of piperidine rings is 1. The Morgan fingerprint density at radius 2 is 2.07 bits per heavy atom. The Hall–Kier alpha value is -2.99. The lowest BCUT2D eigenvalue weighted by atomic mass is 9.72. The molecular weight excluding hydrogens is 366 g/mol. The van der Waals surface area contributed by atoms with Crippen molar-refractivity contribution in [1.82, 2.24) is 14.9 Å². The first-order valence-electron chi connectivity index (χ1n) is 10.0. The number of pyridine rings is 1. The van der Waals surface area contributed by atoms with E-state index in [4.69, 9.17) is 4.74 Å². The SMILES string of the molecule is CN1CC(C(=O)COC(=O)c2ccncc2)CC2c3cccc4[nH]cc(c34)C[C@H]21. The third-order valence-electron chi connectivity index (χ3n) is 6.44. The van der Waals surface area contributed by atoms with Gasteiger partial charge in [0.25, 0.3) is 0 Å². The molecule has 3 heterocycles. The minimum Gasteiger partial charge on any atom is -0.454 e. The van der Waals surface area contributed by atoms with E-state index in [0.717, 1.165) is 12.8 Å². The van der Waals surface area contributed by atoms with Gasteiger partial charge in [-0.15, -0.1) is 0 Å². The Morgan fingerprint density at radius 1 is 1.24 bits per heavy atom. The second-order valence-electron chi connectivity index (χ2n) is 8.11. The fourth-order valence-electron chi connectivity index (χ4n) is 5.00. The minimum atomic E-state index is -0.484. The highest BCUT2D eigenvalue weighted by atomic mass is 16.5. The van der Waals surface area contributed by atoms with Gasteiger partial charge in [0, 0.05) is 53.9 Å². The van der Waals surface area contributed by atoms with Gasteiger partial charge in [0.05, 0.1) is 5.56 Å². The van der Waals surface area contributed by atoms with E-state index in [0.29, 0.717) is 24.1 Å². The molecule has 29 heavy (non-hydrogen) atoms. The van der Waals surface area contributed by atoms with E-state index in [1.54, 1.807) is 12.1 Å². The maximum absolute atomic E-state index is 12.9. The number of nitrogens with zero attached hydrogens (tertiary/aromatic N) is 2. The van der Waals surface area contributed by atoms with Gasteiger partial charge in [0.15, 0.2) is 12.4 Å². The van der Waals surface area contributed by atoms with Crippen molar-refractivity contribution in [2.75, 3.05) is 20.2 Å². The van der Waals surface area contributed by atoms with Crippen molar-refractivity contribution in [1.29, 1.82) is 0 Å². The van der Waals surface area contributed by atoms with Crippen LogP contribution in [-0.2, 0) is 16.0 Å². The van der Waals surface area contributed by atoms with Gasteiger partial charge in [0.1, 0.15) is 0 Å². The van der Waals surface area contributed by atoms with E-state index in [-0.39, 0.29) is 18.3 Å². The molecule has 2 aliphatic rings. The summed E-state index contributed by atoms with van der Waals surface area (Å²) >= 11 is 0. The number of rotatable bonds is 4. The number of ether oxygens (including phenoxy) is 1. The third kappa shape index (κ3) is 3.13. The summed E-state index contributed by atoms with van der Waals surface area (Å²) in [5.74, 6) is -0.320. The number of H-pyrrole nitrogens is 1. The molecule has 148 valence electrons. The van der Waals surface area contributed by atoms with E-state index >= 15 is 0 Å². The molecule has 0 saturated carbocycles. The quantitative estimate of drug-likeness (QED) is 0.695. The summed E-state index contributed by atoms with van der Waals surface area (Å²) in [6.45, 7) is 0.513. The zero-order chi connectivity index (χ0) is 20.0. The molecule has 0 radical (unpaired) electrons. The minimum absolute atomic E-state index is 0.00949. The second-order valence-corrected chi connectivity index (χ2v) is 8.11. The number of nitrogens with one attached hydrogen (secondary N) is 1. The van der Waals surface area contributed by atoms with Crippen LogP contribution in [0, 0.1) is 5.92 Å². The molecule has 1 aliphatic carbocycles. The van der Waals surface area contributed by atoms with Crippen molar-refractivity contribution in [2.45, 2.75) is 24.8 Å². The van der Waals surface area contributed by atoms with Crippen LogP contribution in [0.2, 0.25) is 0 Å². The van der Waals surface area contributed by atoms with Crippen molar-refractivity contribution >= 4 is 22.7 Å². The lowest BCUT2D eigenvalue weighted by Crippen LogP contribution is -2.50. The second kappa shape index (κ2) is 7.12. The van der Waals surface area contributed by atoms with E-state index in [1.165, 1.54) is 34.4 Å². The number of likely N-dealkylation sites (tertiary alicyclic amines) is 1. The van der Waals surface area contributed by atoms with Crippen LogP contribution < -0.4 is 0 Å². The Morgan fingerprint density at radius 3 is 2.90 bits per heavy atom. The topological polar surface area (TPSA) is 75.3 Å². The molecule has 0 amide bonds.